The number of rotatable bonds is 5. The maximum Gasteiger partial charge on any atom is 0.317 e. The third-order valence-electron chi connectivity index (χ3n) is 5.88. The minimum atomic E-state index is 0.0948. The molecule has 4 heteroatoms. The molecule has 2 amide bonds. The maximum atomic E-state index is 12.4. The Kier molecular flexibility index (Phi) is 5.73. The molecule has 142 valence electrons. The summed E-state index contributed by atoms with van der Waals surface area (Å²) in [5.74, 6) is 0.477. The van der Waals surface area contributed by atoms with E-state index in [4.69, 9.17) is 0 Å². The molecule has 27 heavy (non-hydrogen) atoms. The molecule has 0 bridgehead atoms. The average molecular weight is 364 g/mol. The van der Waals surface area contributed by atoms with E-state index < -0.39 is 0 Å². The van der Waals surface area contributed by atoms with E-state index in [0.29, 0.717) is 5.92 Å². The van der Waals surface area contributed by atoms with Crippen LogP contribution < -0.4 is 5.32 Å². The normalized spacial score (nSPS) is 19.7. The van der Waals surface area contributed by atoms with Crippen molar-refractivity contribution < 1.29 is 4.79 Å². The molecular formula is C23H29N3O. The number of nitrogens with one attached hydrogen (secondary N) is 1. The van der Waals surface area contributed by atoms with E-state index in [1.807, 2.05) is 11.0 Å². The molecule has 2 aliphatic rings. The lowest BCUT2D eigenvalue weighted by atomic mass is 9.99. The molecule has 2 heterocycles. The van der Waals surface area contributed by atoms with Gasteiger partial charge >= 0.3 is 6.03 Å². The van der Waals surface area contributed by atoms with Crippen LogP contribution in [0.3, 0.4) is 0 Å². The summed E-state index contributed by atoms with van der Waals surface area (Å²) in [4.78, 5) is 16.9. The van der Waals surface area contributed by atoms with Crippen LogP contribution >= 0.6 is 0 Å². The molecule has 0 spiro atoms. The van der Waals surface area contributed by atoms with Gasteiger partial charge in [0.25, 0.3) is 0 Å². The molecule has 1 N–H and O–H groups in total. The van der Waals surface area contributed by atoms with Gasteiger partial charge in [-0.1, -0.05) is 54.6 Å². The van der Waals surface area contributed by atoms with Gasteiger partial charge in [-0.2, -0.15) is 0 Å². The molecule has 2 aromatic rings. The van der Waals surface area contributed by atoms with Crippen LogP contribution in [-0.2, 0) is 13.0 Å². The number of likely N-dealkylation sites (tertiary alicyclic amines) is 1. The molecule has 1 atom stereocenters. The van der Waals surface area contributed by atoms with Gasteiger partial charge in [0.2, 0.25) is 0 Å². The van der Waals surface area contributed by atoms with Gasteiger partial charge in [-0.3, -0.25) is 4.90 Å². The van der Waals surface area contributed by atoms with E-state index in [1.54, 1.807) is 0 Å². The molecule has 2 aliphatic heterocycles. The molecule has 0 aliphatic carbocycles. The Balaban J connectivity index is 1.17. The van der Waals surface area contributed by atoms with Crippen molar-refractivity contribution in [2.45, 2.75) is 31.7 Å². The first kappa shape index (κ1) is 18.1. The second-order valence-corrected chi connectivity index (χ2v) is 7.72. The van der Waals surface area contributed by atoms with Crippen LogP contribution in [0.4, 0.5) is 4.79 Å². The van der Waals surface area contributed by atoms with Crippen LogP contribution in [-0.4, -0.2) is 48.6 Å². The Bertz CT molecular complexity index is 761. The first-order valence-corrected chi connectivity index (χ1v) is 10.2. The van der Waals surface area contributed by atoms with Gasteiger partial charge in [0.1, 0.15) is 0 Å². The highest BCUT2D eigenvalue weighted by atomic mass is 16.2. The third-order valence-corrected chi connectivity index (χ3v) is 5.88. The van der Waals surface area contributed by atoms with Crippen molar-refractivity contribution in [3.63, 3.8) is 0 Å². The number of hydrogen-bond acceptors (Lipinski definition) is 2. The monoisotopic (exact) mass is 363 g/mol. The predicted octanol–water partition coefficient (Wildman–Crippen LogP) is 3.63. The number of urea groups is 1. The lowest BCUT2D eigenvalue weighted by Crippen LogP contribution is -2.40. The van der Waals surface area contributed by atoms with E-state index in [2.05, 4.69) is 58.7 Å². The van der Waals surface area contributed by atoms with Gasteiger partial charge in [-0.25, -0.2) is 4.79 Å². The van der Waals surface area contributed by atoms with Gasteiger partial charge in [0, 0.05) is 45.2 Å². The van der Waals surface area contributed by atoms with Gasteiger partial charge < -0.3 is 10.2 Å². The molecule has 4 rings (SSSR count). The molecule has 4 nitrogen and oxygen atoms in total. The summed E-state index contributed by atoms with van der Waals surface area (Å²) in [5.41, 5.74) is 4.29. The van der Waals surface area contributed by atoms with Crippen molar-refractivity contribution in [1.82, 2.24) is 15.1 Å². The zero-order valence-corrected chi connectivity index (χ0v) is 15.9. The number of carbonyl (C=O) groups is 1. The maximum absolute atomic E-state index is 12.4. The highest BCUT2D eigenvalue weighted by Crippen LogP contribution is 2.26. The fourth-order valence-electron chi connectivity index (χ4n) is 4.30. The van der Waals surface area contributed by atoms with Crippen LogP contribution in [0.5, 0.6) is 0 Å². The Hall–Kier alpha value is -2.33. The summed E-state index contributed by atoms with van der Waals surface area (Å²) < 4.78 is 0. The fourth-order valence-corrected chi connectivity index (χ4v) is 4.30. The van der Waals surface area contributed by atoms with Crippen molar-refractivity contribution in [3.8, 4) is 0 Å². The summed E-state index contributed by atoms with van der Waals surface area (Å²) in [6, 6.07) is 19.4. The highest BCUT2D eigenvalue weighted by Gasteiger charge is 2.26. The van der Waals surface area contributed by atoms with Gasteiger partial charge in [-0.15, -0.1) is 0 Å². The topological polar surface area (TPSA) is 35.6 Å². The number of benzene rings is 2. The van der Waals surface area contributed by atoms with Crippen molar-refractivity contribution in [1.29, 1.82) is 0 Å². The Morgan fingerprint density at radius 3 is 2.63 bits per heavy atom. The van der Waals surface area contributed by atoms with E-state index >= 15 is 0 Å². The second kappa shape index (κ2) is 8.57. The third kappa shape index (κ3) is 4.51. The summed E-state index contributed by atoms with van der Waals surface area (Å²) >= 11 is 0. The van der Waals surface area contributed by atoms with Gasteiger partial charge in [0.15, 0.2) is 0 Å². The van der Waals surface area contributed by atoms with Crippen molar-refractivity contribution in [3.05, 3.63) is 71.3 Å². The van der Waals surface area contributed by atoms with Crippen molar-refractivity contribution >= 4 is 6.03 Å². The first-order valence-electron chi connectivity index (χ1n) is 10.2. The average Bonchev–Trinajstić information content (AvgIpc) is 3.22. The van der Waals surface area contributed by atoms with Crippen molar-refractivity contribution in [2.75, 3.05) is 32.7 Å². The number of nitrogens with zero attached hydrogens (tertiary/aromatic N) is 2. The van der Waals surface area contributed by atoms with Crippen LogP contribution in [0.2, 0.25) is 0 Å². The molecule has 0 saturated carbocycles. The summed E-state index contributed by atoms with van der Waals surface area (Å²) in [6.07, 6.45) is 3.20. The second-order valence-electron chi connectivity index (χ2n) is 7.72. The summed E-state index contributed by atoms with van der Waals surface area (Å²) in [6.45, 7) is 5.64. The van der Waals surface area contributed by atoms with Crippen LogP contribution in [0.25, 0.3) is 0 Å². The minimum absolute atomic E-state index is 0.0948. The number of fused-ring (bicyclic) bond motifs is 1. The molecule has 0 aromatic heterocycles. The van der Waals surface area contributed by atoms with Crippen LogP contribution in [0, 0.1) is 0 Å². The van der Waals surface area contributed by atoms with Gasteiger partial charge in [0.05, 0.1) is 0 Å². The molecule has 2 aromatic carbocycles. The van der Waals surface area contributed by atoms with E-state index in [-0.39, 0.29) is 6.03 Å². The van der Waals surface area contributed by atoms with E-state index in [1.165, 1.54) is 16.7 Å². The zero-order valence-electron chi connectivity index (χ0n) is 15.9. The molecule has 1 unspecified atom stereocenters. The Morgan fingerprint density at radius 1 is 1.00 bits per heavy atom. The number of carbonyl (C=O) groups excluding carboxylic acids is 1. The van der Waals surface area contributed by atoms with Crippen molar-refractivity contribution in [2.24, 2.45) is 0 Å². The lowest BCUT2D eigenvalue weighted by molar-refractivity contribution is 0.206. The standard InChI is InChI=1S/C23H29N3O/c27-23(26-16-12-22(18-26)19-7-2-1-3-8-19)24-13-6-14-25-15-11-20-9-4-5-10-21(20)17-25/h1-5,7-10,22H,6,11-18H2,(H,24,27). The molecule has 1 fully saturated rings. The Labute approximate surface area is 162 Å². The summed E-state index contributed by atoms with van der Waals surface area (Å²) in [7, 11) is 0. The SMILES string of the molecule is O=C(NCCCN1CCc2ccccc2C1)N1CCC(c2ccccc2)C1. The highest BCUT2D eigenvalue weighted by molar-refractivity contribution is 5.74. The molecule has 1 saturated heterocycles. The number of hydrogen-bond donors (Lipinski definition) is 1. The van der Waals surface area contributed by atoms with Crippen LogP contribution in [0.15, 0.2) is 54.6 Å². The van der Waals surface area contributed by atoms with E-state index in [0.717, 1.165) is 58.5 Å². The zero-order chi connectivity index (χ0) is 18.5. The molecule has 0 radical (unpaired) electrons. The lowest BCUT2D eigenvalue weighted by Gasteiger charge is -2.28. The van der Waals surface area contributed by atoms with Gasteiger partial charge in [-0.05, 0) is 36.0 Å². The quantitative estimate of drug-likeness (QED) is 0.824. The number of amides is 2. The molecular weight excluding hydrogens is 334 g/mol. The Morgan fingerprint density at radius 2 is 1.78 bits per heavy atom. The predicted molar refractivity (Wildman–Crippen MR) is 109 cm³/mol. The van der Waals surface area contributed by atoms with E-state index in [9.17, 15) is 4.79 Å². The first-order chi connectivity index (χ1) is 13.3. The summed E-state index contributed by atoms with van der Waals surface area (Å²) in [5, 5.41) is 3.12. The fraction of sp³-hybridized carbons (Fsp3) is 0.435. The largest absolute Gasteiger partial charge is 0.338 e. The van der Waals surface area contributed by atoms with Crippen LogP contribution in [0.1, 0.15) is 35.4 Å². The minimum Gasteiger partial charge on any atom is -0.338 e. The smallest absolute Gasteiger partial charge is 0.317 e.